The molecule has 0 radical (unpaired) electrons. The third kappa shape index (κ3) is 3.17. The van der Waals surface area contributed by atoms with E-state index in [0.29, 0.717) is 0 Å². The normalized spacial score (nSPS) is 17.3. The molecular formula is C10H19BSe2. The molecule has 3 heteroatoms. The number of unbranched alkanes of at least 4 members (excludes halogenated alkanes) is 1. The zero-order valence-electron chi connectivity index (χ0n) is 8.93. The molecule has 1 rings (SSSR count). The summed E-state index contributed by atoms with van der Waals surface area (Å²) in [5.74, 6) is 0. The number of hydrogen-bond donors (Lipinski definition) is 0. The second-order valence-electron chi connectivity index (χ2n) is 3.47. The molecular weight excluding hydrogens is 289 g/mol. The predicted octanol–water partition coefficient (Wildman–Crippen LogP) is 2.73. The average Bonchev–Trinajstić information content (AvgIpc) is 2.56. The first-order chi connectivity index (χ1) is 6.33. The molecule has 1 aliphatic heterocycles. The summed E-state index contributed by atoms with van der Waals surface area (Å²) in [6.45, 7) is 7.00. The monoisotopic (exact) mass is 310 g/mol. The first-order valence-corrected chi connectivity index (χ1v) is 11.6. The van der Waals surface area contributed by atoms with Gasteiger partial charge in [-0.3, -0.25) is 0 Å². The third-order valence-corrected chi connectivity index (χ3v) is 11.7. The van der Waals surface area contributed by atoms with Gasteiger partial charge in [0.15, 0.2) is 0 Å². The van der Waals surface area contributed by atoms with Gasteiger partial charge in [-0.25, -0.2) is 0 Å². The van der Waals surface area contributed by atoms with Gasteiger partial charge in [0.25, 0.3) is 0 Å². The van der Waals surface area contributed by atoms with Crippen molar-refractivity contribution in [3.05, 3.63) is 9.94 Å². The van der Waals surface area contributed by atoms with E-state index in [1.54, 1.807) is 0 Å². The summed E-state index contributed by atoms with van der Waals surface area (Å²) in [4.78, 5) is 0. The van der Waals surface area contributed by atoms with Crippen molar-refractivity contribution in [3.63, 3.8) is 0 Å². The summed E-state index contributed by atoms with van der Waals surface area (Å²) < 4.78 is 1.87. The van der Waals surface area contributed by atoms with Gasteiger partial charge in [-0.05, 0) is 0 Å². The van der Waals surface area contributed by atoms with Crippen LogP contribution in [0.15, 0.2) is 9.94 Å². The molecule has 13 heavy (non-hydrogen) atoms. The Labute approximate surface area is 94.1 Å². The van der Waals surface area contributed by atoms with Crippen molar-refractivity contribution < 1.29 is 0 Å². The topological polar surface area (TPSA) is 0 Å². The molecule has 0 unspecified atom stereocenters. The minimum absolute atomic E-state index is 0.922. The standard InChI is InChI=1S/C10H19BSe2/c1-4-7-8-11-9(5-2)10(6-3)12-13-11/h4-8H2,1-3H3. The van der Waals surface area contributed by atoms with Gasteiger partial charge in [0.1, 0.15) is 0 Å². The second kappa shape index (κ2) is 6.35. The molecule has 0 aromatic rings. The quantitative estimate of drug-likeness (QED) is 0.685. The fourth-order valence-corrected chi connectivity index (χ4v) is 12.4. The third-order valence-electron chi connectivity index (χ3n) is 2.53. The van der Waals surface area contributed by atoms with E-state index in [1.807, 2.05) is 9.94 Å². The van der Waals surface area contributed by atoms with Gasteiger partial charge in [0, 0.05) is 0 Å². The Morgan fingerprint density at radius 1 is 1.15 bits per heavy atom. The van der Waals surface area contributed by atoms with Crippen molar-refractivity contribution in [3.8, 4) is 0 Å². The molecule has 0 aromatic carbocycles. The van der Waals surface area contributed by atoms with E-state index in [2.05, 4.69) is 20.8 Å². The Bertz CT molecular complexity index is 189. The first-order valence-electron chi connectivity index (χ1n) is 5.38. The van der Waals surface area contributed by atoms with Crippen LogP contribution in [0.5, 0.6) is 0 Å². The van der Waals surface area contributed by atoms with E-state index in [-0.39, 0.29) is 0 Å². The van der Waals surface area contributed by atoms with Crippen LogP contribution in [0.3, 0.4) is 0 Å². The maximum atomic E-state index is 2.35. The molecule has 0 saturated carbocycles. The zero-order chi connectivity index (χ0) is 9.68. The van der Waals surface area contributed by atoms with Gasteiger partial charge in [-0.1, -0.05) is 0 Å². The van der Waals surface area contributed by atoms with Crippen molar-refractivity contribution >= 4 is 31.6 Å². The van der Waals surface area contributed by atoms with Gasteiger partial charge in [0.05, 0.1) is 0 Å². The summed E-state index contributed by atoms with van der Waals surface area (Å²) >= 11 is 1.89. The van der Waals surface area contributed by atoms with E-state index in [4.69, 9.17) is 0 Å². The van der Waals surface area contributed by atoms with Crippen molar-refractivity contribution in [2.24, 2.45) is 0 Å². The predicted molar refractivity (Wildman–Crippen MR) is 64.6 cm³/mol. The van der Waals surface area contributed by atoms with Crippen molar-refractivity contribution in [1.82, 2.24) is 0 Å². The Morgan fingerprint density at radius 2 is 1.92 bits per heavy atom. The van der Waals surface area contributed by atoms with Crippen LogP contribution in [-0.2, 0) is 0 Å². The second-order valence-corrected chi connectivity index (χ2v) is 10.4. The molecule has 0 spiro atoms. The summed E-state index contributed by atoms with van der Waals surface area (Å²) in [6.07, 6.45) is 6.99. The van der Waals surface area contributed by atoms with Crippen molar-refractivity contribution in [2.75, 3.05) is 0 Å². The molecule has 0 nitrogen and oxygen atoms in total. The van der Waals surface area contributed by atoms with Gasteiger partial charge >= 0.3 is 94.3 Å². The molecule has 0 fully saturated rings. The summed E-state index contributed by atoms with van der Waals surface area (Å²) in [6, 6.07) is 0. The molecule has 1 aliphatic rings. The van der Waals surface area contributed by atoms with Gasteiger partial charge in [-0.2, -0.15) is 0 Å². The van der Waals surface area contributed by atoms with Crippen LogP contribution in [0.2, 0.25) is 6.32 Å². The number of hydrogen-bond acceptors (Lipinski definition) is 0. The molecule has 0 atom stereocenters. The van der Waals surface area contributed by atoms with Gasteiger partial charge in [0.2, 0.25) is 0 Å². The molecule has 0 N–H and O–H groups in total. The van der Waals surface area contributed by atoms with E-state index in [9.17, 15) is 0 Å². The Morgan fingerprint density at radius 3 is 2.46 bits per heavy atom. The molecule has 74 valence electrons. The first kappa shape index (κ1) is 11.9. The van der Waals surface area contributed by atoms with Crippen LogP contribution in [0.25, 0.3) is 0 Å². The van der Waals surface area contributed by atoms with Crippen LogP contribution in [0, 0.1) is 0 Å². The van der Waals surface area contributed by atoms with Crippen LogP contribution in [0.4, 0.5) is 0 Å². The SMILES string of the molecule is CCCCB1[Se][Se]C(CC)=C1CC. The fraction of sp³-hybridized carbons (Fsp3) is 0.800. The zero-order valence-corrected chi connectivity index (χ0v) is 12.4. The minimum atomic E-state index is 0.922. The van der Waals surface area contributed by atoms with Gasteiger partial charge < -0.3 is 0 Å². The van der Waals surface area contributed by atoms with Crippen molar-refractivity contribution in [1.29, 1.82) is 0 Å². The van der Waals surface area contributed by atoms with E-state index < -0.39 is 0 Å². The summed E-state index contributed by atoms with van der Waals surface area (Å²) in [5.41, 5.74) is 2.92. The Hall–Kier alpha value is 0.844. The molecule has 0 bridgehead atoms. The Balaban J connectivity index is 2.52. The van der Waals surface area contributed by atoms with Gasteiger partial charge in [-0.15, -0.1) is 0 Å². The average molecular weight is 308 g/mol. The van der Waals surface area contributed by atoms with Crippen LogP contribution >= 0.6 is 0 Å². The molecule has 0 amide bonds. The van der Waals surface area contributed by atoms with Crippen molar-refractivity contribution in [2.45, 2.75) is 52.8 Å². The van der Waals surface area contributed by atoms with Crippen LogP contribution in [0.1, 0.15) is 46.5 Å². The molecule has 0 aliphatic carbocycles. The number of allylic oxidation sites excluding steroid dienone is 2. The van der Waals surface area contributed by atoms with E-state index in [1.165, 1.54) is 32.0 Å². The fourth-order valence-electron chi connectivity index (χ4n) is 1.73. The van der Waals surface area contributed by atoms with Crippen LogP contribution in [-0.4, -0.2) is 31.6 Å². The number of rotatable bonds is 5. The molecule has 0 aromatic heterocycles. The summed E-state index contributed by atoms with van der Waals surface area (Å²) in [7, 11) is 0. The maximum absolute atomic E-state index is 2.35. The van der Waals surface area contributed by atoms with E-state index >= 15 is 0 Å². The summed E-state index contributed by atoms with van der Waals surface area (Å²) in [5, 5.41) is 0. The molecule has 1 heterocycles. The van der Waals surface area contributed by atoms with E-state index in [0.717, 1.165) is 31.6 Å². The molecule has 0 saturated heterocycles. The van der Waals surface area contributed by atoms with Crippen LogP contribution < -0.4 is 0 Å². The Kier molecular flexibility index (Phi) is 5.82.